The Morgan fingerprint density at radius 3 is 2.20 bits per heavy atom. The molecule has 8 nitrogen and oxygen atoms in total. The quantitative estimate of drug-likeness (QED) is 0.347. The van der Waals surface area contributed by atoms with Crippen molar-refractivity contribution in [2.24, 2.45) is 11.5 Å². The molecule has 7 N–H and O–H groups in total. The van der Waals surface area contributed by atoms with Crippen LogP contribution in [0.2, 0.25) is 0 Å². The Kier molecular flexibility index (Phi) is 5.60. The molecule has 0 unspecified atom stereocenters. The number of nitrogens with one attached hydrogen (secondary N) is 2. The predicted octanol–water partition coefficient (Wildman–Crippen LogP) is -1.44. The van der Waals surface area contributed by atoms with Crippen molar-refractivity contribution in [1.82, 2.24) is 10.6 Å². The number of primary amides is 2. The molecule has 0 aromatic carbocycles. The van der Waals surface area contributed by atoms with Gasteiger partial charge in [0.05, 0.1) is 0 Å². The van der Waals surface area contributed by atoms with Crippen molar-refractivity contribution in [1.29, 1.82) is 0 Å². The molecular formula is C7H14N4O4. The van der Waals surface area contributed by atoms with E-state index in [-0.39, 0.29) is 13.0 Å². The molecule has 8 heteroatoms. The molecule has 0 radical (unpaired) electrons. The Morgan fingerprint density at radius 2 is 1.80 bits per heavy atom. The smallest absolute Gasteiger partial charge is 0.326 e. The average molecular weight is 218 g/mol. The van der Waals surface area contributed by atoms with E-state index in [1.807, 2.05) is 0 Å². The summed E-state index contributed by atoms with van der Waals surface area (Å²) in [6.07, 6.45) is 0.540. The van der Waals surface area contributed by atoms with Crippen LogP contribution in [-0.2, 0) is 4.79 Å². The van der Waals surface area contributed by atoms with E-state index in [1.165, 1.54) is 0 Å². The molecule has 0 spiro atoms. The number of amides is 4. The van der Waals surface area contributed by atoms with Crippen LogP contribution in [0.4, 0.5) is 9.59 Å². The first-order valence-corrected chi connectivity index (χ1v) is 4.25. The van der Waals surface area contributed by atoms with E-state index in [1.54, 1.807) is 0 Å². The van der Waals surface area contributed by atoms with E-state index in [0.29, 0.717) is 6.42 Å². The van der Waals surface area contributed by atoms with E-state index in [2.05, 4.69) is 10.6 Å². The van der Waals surface area contributed by atoms with E-state index < -0.39 is 24.1 Å². The lowest BCUT2D eigenvalue weighted by atomic mass is 10.1. The number of rotatable bonds is 6. The fourth-order valence-corrected chi connectivity index (χ4v) is 0.947. The molecule has 0 aliphatic rings. The highest BCUT2D eigenvalue weighted by molar-refractivity contribution is 5.81. The molecule has 0 aromatic heterocycles. The monoisotopic (exact) mass is 218 g/mol. The summed E-state index contributed by atoms with van der Waals surface area (Å²) in [5.74, 6) is -1.17. The third-order valence-corrected chi connectivity index (χ3v) is 1.58. The number of hydrogen-bond acceptors (Lipinski definition) is 3. The Bertz CT molecular complexity index is 255. The zero-order valence-electron chi connectivity index (χ0n) is 8.03. The normalized spacial score (nSPS) is 11.5. The van der Waals surface area contributed by atoms with Gasteiger partial charge in [0, 0.05) is 6.54 Å². The van der Waals surface area contributed by atoms with E-state index in [4.69, 9.17) is 16.6 Å². The summed E-state index contributed by atoms with van der Waals surface area (Å²) >= 11 is 0. The molecule has 0 fully saturated rings. The van der Waals surface area contributed by atoms with Crippen LogP contribution in [0.25, 0.3) is 0 Å². The molecule has 0 heterocycles. The molecule has 0 rings (SSSR count). The largest absolute Gasteiger partial charge is 0.480 e. The number of urea groups is 2. The van der Waals surface area contributed by atoms with Gasteiger partial charge in [0.1, 0.15) is 6.04 Å². The Balaban J connectivity index is 3.81. The number of carbonyl (C=O) groups excluding carboxylic acids is 2. The lowest BCUT2D eigenvalue weighted by Gasteiger charge is -2.12. The van der Waals surface area contributed by atoms with Crippen molar-refractivity contribution in [2.45, 2.75) is 18.9 Å². The van der Waals surface area contributed by atoms with Crippen LogP contribution in [0.3, 0.4) is 0 Å². The summed E-state index contributed by atoms with van der Waals surface area (Å²) in [5.41, 5.74) is 9.57. The van der Waals surface area contributed by atoms with E-state index >= 15 is 0 Å². The van der Waals surface area contributed by atoms with Crippen molar-refractivity contribution in [2.75, 3.05) is 6.54 Å². The molecule has 15 heavy (non-hydrogen) atoms. The van der Waals surface area contributed by atoms with Crippen LogP contribution in [-0.4, -0.2) is 35.7 Å². The van der Waals surface area contributed by atoms with Crippen molar-refractivity contribution in [3.8, 4) is 0 Å². The van der Waals surface area contributed by atoms with Crippen LogP contribution in [0.1, 0.15) is 12.8 Å². The van der Waals surface area contributed by atoms with Crippen molar-refractivity contribution >= 4 is 18.0 Å². The SMILES string of the molecule is NC(=O)NCCC[C@H](NC(N)=O)C(=O)O. The molecule has 86 valence electrons. The second-order valence-corrected chi connectivity index (χ2v) is 2.83. The summed E-state index contributed by atoms with van der Waals surface area (Å²) in [7, 11) is 0. The molecular weight excluding hydrogens is 204 g/mol. The number of nitrogens with two attached hydrogens (primary N) is 2. The maximum absolute atomic E-state index is 10.6. The second kappa shape index (κ2) is 6.46. The fourth-order valence-electron chi connectivity index (χ4n) is 0.947. The minimum absolute atomic E-state index is 0.165. The Hall–Kier alpha value is -1.99. The fraction of sp³-hybridized carbons (Fsp3) is 0.571. The molecule has 0 aromatic rings. The number of aliphatic carboxylic acids is 1. The van der Waals surface area contributed by atoms with E-state index in [9.17, 15) is 14.4 Å². The van der Waals surface area contributed by atoms with Crippen LogP contribution >= 0.6 is 0 Å². The topological polar surface area (TPSA) is 148 Å². The number of carbonyl (C=O) groups is 3. The average Bonchev–Trinajstić information content (AvgIpc) is 2.08. The van der Waals surface area contributed by atoms with Gasteiger partial charge in [0.2, 0.25) is 0 Å². The van der Waals surface area contributed by atoms with Gasteiger partial charge in [-0.25, -0.2) is 14.4 Å². The maximum Gasteiger partial charge on any atom is 0.326 e. The molecule has 0 aliphatic carbocycles. The molecule has 0 bridgehead atoms. The third-order valence-electron chi connectivity index (χ3n) is 1.58. The number of hydrogen-bond donors (Lipinski definition) is 5. The highest BCUT2D eigenvalue weighted by Crippen LogP contribution is 1.96. The van der Waals surface area contributed by atoms with Crippen LogP contribution in [0, 0.1) is 0 Å². The first kappa shape index (κ1) is 13.0. The van der Waals surface area contributed by atoms with Gasteiger partial charge in [-0.15, -0.1) is 0 Å². The van der Waals surface area contributed by atoms with Gasteiger partial charge < -0.3 is 27.2 Å². The first-order chi connectivity index (χ1) is 6.93. The zero-order chi connectivity index (χ0) is 11.8. The summed E-state index contributed by atoms with van der Waals surface area (Å²) in [6, 6.07) is -2.62. The first-order valence-electron chi connectivity index (χ1n) is 4.25. The van der Waals surface area contributed by atoms with Crippen molar-refractivity contribution < 1.29 is 19.5 Å². The van der Waals surface area contributed by atoms with Crippen LogP contribution in [0.5, 0.6) is 0 Å². The minimum Gasteiger partial charge on any atom is -0.480 e. The Labute approximate surface area is 86.0 Å². The van der Waals surface area contributed by atoms with Gasteiger partial charge in [0.25, 0.3) is 0 Å². The van der Waals surface area contributed by atoms with Crippen molar-refractivity contribution in [3.63, 3.8) is 0 Å². The highest BCUT2D eigenvalue weighted by Gasteiger charge is 2.17. The lowest BCUT2D eigenvalue weighted by Crippen LogP contribution is -2.44. The summed E-state index contributed by atoms with van der Waals surface area (Å²) in [5, 5.41) is 13.0. The molecule has 0 saturated heterocycles. The van der Waals surface area contributed by atoms with Gasteiger partial charge in [0.15, 0.2) is 0 Å². The highest BCUT2D eigenvalue weighted by atomic mass is 16.4. The van der Waals surface area contributed by atoms with Gasteiger partial charge >= 0.3 is 18.0 Å². The van der Waals surface area contributed by atoms with Crippen molar-refractivity contribution in [3.05, 3.63) is 0 Å². The lowest BCUT2D eigenvalue weighted by molar-refractivity contribution is -0.139. The van der Waals surface area contributed by atoms with Crippen LogP contribution in [0.15, 0.2) is 0 Å². The number of carboxylic acids is 1. The maximum atomic E-state index is 10.6. The number of carboxylic acid groups (broad SMARTS) is 1. The summed E-state index contributed by atoms with van der Waals surface area (Å²) in [6.45, 7) is 0.250. The van der Waals surface area contributed by atoms with Gasteiger partial charge in [-0.05, 0) is 12.8 Å². The summed E-state index contributed by atoms with van der Waals surface area (Å²) in [4.78, 5) is 31.3. The van der Waals surface area contributed by atoms with Gasteiger partial charge in [-0.2, -0.15) is 0 Å². The molecule has 4 amide bonds. The van der Waals surface area contributed by atoms with Gasteiger partial charge in [-0.1, -0.05) is 0 Å². The molecule has 0 saturated carbocycles. The zero-order valence-corrected chi connectivity index (χ0v) is 8.03. The molecule has 1 atom stereocenters. The van der Waals surface area contributed by atoms with Gasteiger partial charge in [-0.3, -0.25) is 0 Å². The second-order valence-electron chi connectivity index (χ2n) is 2.83. The van der Waals surface area contributed by atoms with E-state index in [0.717, 1.165) is 0 Å². The third kappa shape index (κ3) is 7.11. The standard InChI is InChI=1S/C7H14N4O4/c8-6(14)10-3-1-2-4(5(12)13)11-7(9)15/h4H,1-3H2,(H,12,13)(H3,8,10,14)(H3,9,11,15)/t4-/m0/s1. The molecule has 0 aliphatic heterocycles. The minimum atomic E-state index is -1.17. The van der Waals surface area contributed by atoms with Crippen LogP contribution < -0.4 is 22.1 Å². The predicted molar refractivity (Wildman–Crippen MR) is 51.0 cm³/mol. The summed E-state index contributed by atoms with van der Waals surface area (Å²) < 4.78 is 0. The Morgan fingerprint density at radius 1 is 1.20 bits per heavy atom.